The lowest BCUT2D eigenvalue weighted by Crippen LogP contribution is -2.09. The summed E-state index contributed by atoms with van der Waals surface area (Å²) < 4.78 is 11.6. The van der Waals surface area contributed by atoms with Crippen LogP contribution in [0.2, 0.25) is 5.02 Å². The molecule has 0 atom stereocenters. The van der Waals surface area contributed by atoms with Gasteiger partial charge in [0.05, 0.1) is 0 Å². The first-order valence-corrected chi connectivity index (χ1v) is 10.6. The molecule has 33 heavy (non-hydrogen) atoms. The summed E-state index contributed by atoms with van der Waals surface area (Å²) in [6.45, 7) is 1.92. The minimum atomic E-state index is -0.279. The SMILES string of the molecule is Cc1ccc(-c2nc3ncccc3o2)cc1NC(=O)/C=C/c1ccc(-c2ccc(Cl)cc2)o1. The lowest BCUT2D eigenvalue weighted by Gasteiger charge is -2.07. The average molecular weight is 456 g/mol. The molecule has 2 aromatic carbocycles. The van der Waals surface area contributed by atoms with Crippen LogP contribution in [0.15, 0.2) is 87.8 Å². The van der Waals surface area contributed by atoms with Crippen molar-refractivity contribution in [3.05, 3.63) is 95.3 Å². The van der Waals surface area contributed by atoms with Gasteiger partial charge in [0.1, 0.15) is 11.5 Å². The van der Waals surface area contributed by atoms with Gasteiger partial charge in [-0.3, -0.25) is 4.79 Å². The van der Waals surface area contributed by atoms with E-state index in [1.165, 1.54) is 6.08 Å². The molecule has 0 saturated carbocycles. The fourth-order valence-corrected chi connectivity index (χ4v) is 3.45. The molecule has 3 aromatic heterocycles. The highest BCUT2D eigenvalue weighted by molar-refractivity contribution is 6.30. The molecular formula is C26H18ClN3O3. The molecule has 1 amide bonds. The molecule has 0 saturated heterocycles. The highest BCUT2D eigenvalue weighted by atomic mass is 35.5. The van der Waals surface area contributed by atoms with Crippen molar-refractivity contribution in [2.24, 2.45) is 0 Å². The van der Waals surface area contributed by atoms with Gasteiger partial charge in [-0.15, -0.1) is 0 Å². The highest BCUT2D eigenvalue weighted by Gasteiger charge is 2.11. The van der Waals surface area contributed by atoms with Gasteiger partial charge in [-0.25, -0.2) is 4.98 Å². The van der Waals surface area contributed by atoms with E-state index in [1.54, 1.807) is 36.5 Å². The molecule has 5 aromatic rings. The predicted octanol–water partition coefficient (Wildman–Crippen LogP) is 6.76. The van der Waals surface area contributed by atoms with Gasteiger partial charge >= 0.3 is 0 Å². The fourth-order valence-electron chi connectivity index (χ4n) is 3.33. The Balaban J connectivity index is 1.31. The summed E-state index contributed by atoms with van der Waals surface area (Å²) in [4.78, 5) is 21.1. The quantitative estimate of drug-likeness (QED) is 0.296. The molecule has 0 bridgehead atoms. The maximum Gasteiger partial charge on any atom is 0.248 e. The van der Waals surface area contributed by atoms with Crippen molar-refractivity contribution in [3.8, 4) is 22.8 Å². The predicted molar refractivity (Wildman–Crippen MR) is 129 cm³/mol. The lowest BCUT2D eigenvalue weighted by atomic mass is 10.1. The molecule has 6 nitrogen and oxygen atoms in total. The molecule has 0 aliphatic heterocycles. The standard InChI is InChI=1S/C26H18ClN3O3/c1-16-4-5-18(26-30-25-23(33-26)3-2-14-28-25)15-21(16)29-24(31)13-11-20-10-12-22(32-20)17-6-8-19(27)9-7-17/h2-15H,1H3,(H,29,31)/b13-11+. The number of furan rings is 1. The Morgan fingerprint density at radius 3 is 2.64 bits per heavy atom. The normalized spacial score (nSPS) is 11.3. The van der Waals surface area contributed by atoms with Crippen LogP contribution >= 0.6 is 11.6 Å². The van der Waals surface area contributed by atoms with Crippen molar-refractivity contribution < 1.29 is 13.6 Å². The minimum absolute atomic E-state index is 0.279. The van der Waals surface area contributed by atoms with Gasteiger partial charge in [-0.05, 0) is 79.2 Å². The third kappa shape index (κ3) is 4.56. The zero-order chi connectivity index (χ0) is 22.8. The number of rotatable bonds is 5. The van der Waals surface area contributed by atoms with Crippen LogP contribution in [0, 0.1) is 6.92 Å². The number of pyridine rings is 1. The van der Waals surface area contributed by atoms with Crippen LogP contribution in [-0.4, -0.2) is 15.9 Å². The van der Waals surface area contributed by atoms with E-state index in [0.717, 1.165) is 16.7 Å². The van der Waals surface area contributed by atoms with E-state index in [1.807, 2.05) is 49.4 Å². The average Bonchev–Trinajstić information content (AvgIpc) is 3.47. The van der Waals surface area contributed by atoms with E-state index >= 15 is 0 Å². The molecule has 7 heteroatoms. The molecule has 5 rings (SSSR count). The maximum absolute atomic E-state index is 12.5. The Morgan fingerprint density at radius 1 is 1.00 bits per heavy atom. The van der Waals surface area contributed by atoms with Gasteiger partial charge in [0, 0.05) is 34.1 Å². The van der Waals surface area contributed by atoms with E-state index in [0.29, 0.717) is 39.4 Å². The van der Waals surface area contributed by atoms with Gasteiger partial charge in [-0.1, -0.05) is 17.7 Å². The maximum atomic E-state index is 12.5. The smallest absolute Gasteiger partial charge is 0.248 e. The number of aromatic nitrogens is 2. The van der Waals surface area contributed by atoms with Crippen LogP contribution in [0.4, 0.5) is 5.69 Å². The van der Waals surface area contributed by atoms with Crippen LogP contribution in [0.1, 0.15) is 11.3 Å². The molecule has 1 N–H and O–H groups in total. The van der Waals surface area contributed by atoms with E-state index in [2.05, 4.69) is 15.3 Å². The molecule has 3 heterocycles. The molecule has 0 aliphatic carbocycles. The number of nitrogens with one attached hydrogen (secondary N) is 1. The molecule has 0 radical (unpaired) electrons. The number of anilines is 1. The second-order valence-corrected chi connectivity index (χ2v) is 7.84. The molecule has 0 unspecified atom stereocenters. The van der Waals surface area contributed by atoms with Gasteiger partial charge < -0.3 is 14.2 Å². The number of hydrogen-bond acceptors (Lipinski definition) is 5. The van der Waals surface area contributed by atoms with Crippen LogP contribution in [0.3, 0.4) is 0 Å². The highest BCUT2D eigenvalue weighted by Crippen LogP contribution is 2.28. The van der Waals surface area contributed by atoms with Crippen molar-refractivity contribution in [1.82, 2.24) is 9.97 Å². The van der Waals surface area contributed by atoms with E-state index in [4.69, 9.17) is 20.4 Å². The van der Waals surface area contributed by atoms with Gasteiger partial charge in [0.25, 0.3) is 0 Å². The van der Waals surface area contributed by atoms with Crippen molar-refractivity contribution in [3.63, 3.8) is 0 Å². The Labute approximate surface area is 194 Å². The molecule has 162 valence electrons. The van der Waals surface area contributed by atoms with Crippen LogP contribution in [-0.2, 0) is 4.79 Å². The van der Waals surface area contributed by atoms with Crippen molar-refractivity contribution in [2.45, 2.75) is 6.92 Å². The Bertz CT molecular complexity index is 1450. The van der Waals surface area contributed by atoms with E-state index in [-0.39, 0.29) is 5.91 Å². The Kier molecular flexibility index (Phi) is 5.50. The Morgan fingerprint density at radius 2 is 1.82 bits per heavy atom. The monoisotopic (exact) mass is 455 g/mol. The topological polar surface area (TPSA) is 81.2 Å². The minimum Gasteiger partial charge on any atom is -0.457 e. The van der Waals surface area contributed by atoms with E-state index in [9.17, 15) is 4.79 Å². The number of carbonyl (C=O) groups is 1. The molecular weight excluding hydrogens is 438 g/mol. The molecule has 0 spiro atoms. The first kappa shape index (κ1) is 20.7. The third-order valence-electron chi connectivity index (χ3n) is 5.06. The van der Waals surface area contributed by atoms with Gasteiger partial charge in [0.2, 0.25) is 11.8 Å². The second-order valence-electron chi connectivity index (χ2n) is 7.41. The zero-order valence-electron chi connectivity index (χ0n) is 17.6. The number of halogens is 1. The van der Waals surface area contributed by atoms with Gasteiger partial charge in [-0.2, -0.15) is 4.98 Å². The molecule has 0 aliphatic rings. The van der Waals surface area contributed by atoms with Crippen molar-refractivity contribution in [2.75, 3.05) is 5.32 Å². The number of fused-ring (bicyclic) bond motifs is 1. The summed E-state index contributed by atoms with van der Waals surface area (Å²) in [5.41, 5.74) is 4.38. The lowest BCUT2D eigenvalue weighted by molar-refractivity contribution is -0.111. The summed E-state index contributed by atoms with van der Waals surface area (Å²) in [5, 5.41) is 3.56. The van der Waals surface area contributed by atoms with Gasteiger partial charge in [0.15, 0.2) is 11.2 Å². The number of oxazole rings is 1. The number of carbonyl (C=O) groups excluding carboxylic acids is 1. The number of nitrogens with zero attached hydrogens (tertiary/aromatic N) is 2. The zero-order valence-corrected chi connectivity index (χ0v) is 18.3. The van der Waals surface area contributed by atoms with Crippen LogP contribution in [0.5, 0.6) is 0 Å². The number of hydrogen-bond donors (Lipinski definition) is 1. The van der Waals surface area contributed by atoms with Crippen LogP contribution < -0.4 is 5.32 Å². The number of amides is 1. The summed E-state index contributed by atoms with van der Waals surface area (Å²) >= 11 is 5.93. The van der Waals surface area contributed by atoms with Crippen molar-refractivity contribution in [1.29, 1.82) is 0 Å². The fraction of sp³-hybridized carbons (Fsp3) is 0.0385. The summed E-state index contributed by atoms with van der Waals surface area (Å²) in [7, 11) is 0. The molecule has 0 fully saturated rings. The van der Waals surface area contributed by atoms with Crippen LogP contribution in [0.25, 0.3) is 40.1 Å². The largest absolute Gasteiger partial charge is 0.457 e. The summed E-state index contributed by atoms with van der Waals surface area (Å²) in [6, 6.07) is 20.3. The Hall–Kier alpha value is -4.16. The number of aryl methyl sites for hydroxylation is 1. The second kappa shape index (κ2) is 8.76. The van der Waals surface area contributed by atoms with E-state index < -0.39 is 0 Å². The summed E-state index contributed by atoms with van der Waals surface area (Å²) in [5.74, 6) is 1.43. The third-order valence-corrected chi connectivity index (χ3v) is 5.31. The first-order valence-electron chi connectivity index (χ1n) is 10.2. The first-order chi connectivity index (χ1) is 16.0. The van der Waals surface area contributed by atoms with Crippen molar-refractivity contribution >= 4 is 40.5 Å². The summed E-state index contributed by atoms with van der Waals surface area (Å²) in [6.07, 6.45) is 4.72. The number of benzene rings is 2.